The molecule has 3 N–H and O–H groups in total. The van der Waals surface area contributed by atoms with Crippen molar-refractivity contribution in [3.8, 4) is 0 Å². The summed E-state index contributed by atoms with van der Waals surface area (Å²) < 4.78 is 4.63. The van der Waals surface area contributed by atoms with Crippen LogP contribution in [0.1, 0.15) is 15.9 Å². The molecule has 2 aromatic rings. The third kappa shape index (κ3) is 6.56. The topological polar surface area (TPSA) is 88.9 Å². The van der Waals surface area contributed by atoms with Gasteiger partial charge in [0.25, 0.3) is 11.8 Å². The Bertz CT molecular complexity index is 801. The summed E-state index contributed by atoms with van der Waals surface area (Å²) in [5.41, 5.74) is 2.83. The molecule has 0 fully saturated rings. The van der Waals surface area contributed by atoms with Gasteiger partial charge in [-0.15, -0.1) is 0 Å². The van der Waals surface area contributed by atoms with Gasteiger partial charge in [0.2, 0.25) is 0 Å². The lowest BCUT2D eigenvalue weighted by molar-refractivity contribution is -0.862. The highest BCUT2D eigenvalue weighted by molar-refractivity contribution is 5.94. The van der Waals surface area contributed by atoms with Gasteiger partial charge in [-0.05, 0) is 43.3 Å². The molecule has 7 nitrogen and oxygen atoms in total. The summed E-state index contributed by atoms with van der Waals surface area (Å²) in [4.78, 5) is 36.3. The first-order valence-corrected chi connectivity index (χ1v) is 8.53. The van der Waals surface area contributed by atoms with Gasteiger partial charge in [0.05, 0.1) is 19.7 Å². The summed E-state index contributed by atoms with van der Waals surface area (Å²) in [5.74, 6) is -0.815. The molecule has 2 aromatic carbocycles. The molecule has 1 unspecified atom stereocenters. The molecule has 0 aliphatic carbocycles. The van der Waals surface area contributed by atoms with Gasteiger partial charge < -0.3 is 20.3 Å². The summed E-state index contributed by atoms with van der Waals surface area (Å²) in [5, 5.41) is 5.55. The Balaban J connectivity index is 1.79. The average molecular weight is 370 g/mol. The fourth-order valence-electron chi connectivity index (χ4n) is 2.47. The number of quaternary nitrogens is 1. The van der Waals surface area contributed by atoms with Crippen molar-refractivity contribution < 1.29 is 24.0 Å². The van der Waals surface area contributed by atoms with Crippen molar-refractivity contribution in [2.75, 3.05) is 37.9 Å². The summed E-state index contributed by atoms with van der Waals surface area (Å²) in [6.07, 6.45) is 0. The number of rotatable bonds is 7. The average Bonchev–Trinajstić information content (AvgIpc) is 2.63. The molecule has 0 bridgehead atoms. The van der Waals surface area contributed by atoms with Crippen molar-refractivity contribution in [2.24, 2.45) is 0 Å². The fourth-order valence-corrected chi connectivity index (χ4v) is 2.47. The SMILES string of the molecule is COC(=O)c1ccc(NC(=O)C[NH+](C)CC(=O)Nc2ccc(C)cc2)cc1. The standard InChI is InChI=1S/C20H23N3O4/c1-14-4-8-16(9-5-14)21-18(24)12-23(2)13-19(25)22-17-10-6-15(7-11-17)20(26)27-3/h4-11H,12-13H2,1-3H3,(H,21,24)(H,22,25)/p+1. The van der Waals surface area contributed by atoms with Crippen LogP contribution in [0.15, 0.2) is 48.5 Å². The monoisotopic (exact) mass is 370 g/mol. The van der Waals surface area contributed by atoms with Gasteiger partial charge in [0, 0.05) is 11.4 Å². The Kier molecular flexibility index (Phi) is 7.08. The minimum absolute atomic E-state index is 0.139. The van der Waals surface area contributed by atoms with Crippen molar-refractivity contribution in [3.05, 3.63) is 59.7 Å². The highest BCUT2D eigenvalue weighted by Crippen LogP contribution is 2.10. The maximum absolute atomic E-state index is 12.1. The molecular weight excluding hydrogens is 346 g/mol. The smallest absolute Gasteiger partial charge is 0.337 e. The Hall–Kier alpha value is -3.19. The zero-order chi connectivity index (χ0) is 19.8. The first-order chi connectivity index (χ1) is 12.9. The van der Waals surface area contributed by atoms with Crippen LogP contribution in [0.5, 0.6) is 0 Å². The number of hydrogen-bond donors (Lipinski definition) is 3. The Labute approximate surface area is 158 Å². The number of methoxy groups -OCH3 is 1. The number of benzene rings is 2. The highest BCUT2D eigenvalue weighted by atomic mass is 16.5. The molecule has 0 saturated heterocycles. The predicted molar refractivity (Wildman–Crippen MR) is 103 cm³/mol. The van der Waals surface area contributed by atoms with Gasteiger partial charge in [-0.25, -0.2) is 4.79 Å². The Morgan fingerprint density at radius 1 is 0.852 bits per heavy atom. The molecular formula is C20H24N3O4+. The van der Waals surface area contributed by atoms with E-state index in [1.165, 1.54) is 7.11 Å². The minimum Gasteiger partial charge on any atom is -0.465 e. The predicted octanol–water partition coefficient (Wildman–Crippen LogP) is 0.874. The largest absolute Gasteiger partial charge is 0.465 e. The summed E-state index contributed by atoms with van der Waals surface area (Å²) in [7, 11) is 3.08. The number of carbonyl (C=O) groups is 3. The van der Waals surface area contributed by atoms with Gasteiger partial charge in [0.15, 0.2) is 13.1 Å². The highest BCUT2D eigenvalue weighted by Gasteiger charge is 2.15. The number of likely N-dealkylation sites (N-methyl/N-ethyl adjacent to an activating group) is 1. The van der Waals surface area contributed by atoms with E-state index in [-0.39, 0.29) is 24.9 Å². The maximum atomic E-state index is 12.1. The Morgan fingerprint density at radius 2 is 1.30 bits per heavy atom. The molecule has 1 atom stereocenters. The van der Waals surface area contributed by atoms with Crippen LogP contribution in [0.2, 0.25) is 0 Å². The molecule has 0 aromatic heterocycles. The third-order valence-corrected chi connectivity index (χ3v) is 3.85. The minimum atomic E-state index is -0.434. The van der Waals surface area contributed by atoms with Crippen molar-refractivity contribution in [2.45, 2.75) is 6.92 Å². The van der Waals surface area contributed by atoms with Crippen LogP contribution in [-0.2, 0) is 14.3 Å². The van der Waals surface area contributed by atoms with E-state index in [0.29, 0.717) is 11.3 Å². The number of hydrogen-bond acceptors (Lipinski definition) is 4. The molecule has 0 spiro atoms. The number of anilines is 2. The van der Waals surface area contributed by atoms with Gasteiger partial charge in [-0.3, -0.25) is 9.59 Å². The van der Waals surface area contributed by atoms with E-state index in [9.17, 15) is 14.4 Å². The molecule has 0 aliphatic rings. The second kappa shape index (κ2) is 9.49. The summed E-state index contributed by atoms with van der Waals surface area (Å²) in [6.45, 7) is 2.29. The van der Waals surface area contributed by atoms with Gasteiger partial charge in [-0.2, -0.15) is 0 Å². The number of aryl methyl sites for hydroxylation is 1. The van der Waals surface area contributed by atoms with Crippen molar-refractivity contribution in [1.29, 1.82) is 0 Å². The van der Waals surface area contributed by atoms with Crippen LogP contribution in [0, 0.1) is 6.92 Å². The molecule has 0 heterocycles. The molecule has 0 radical (unpaired) electrons. The molecule has 2 amide bonds. The number of amides is 2. The molecule has 7 heteroatoms. The van der Waals surface area contributed by atoms with Crippen LogP contribution in [-0.4, -0.2) is 45.0 Å². The lowest BCUT2D eigenvalue weighted by Gasteiger charge is -2.14. The summed E-state index contributed by atoms with van der Waals surface area (Å²) >= 11 is 0. The second-order valence-electron chi connectivity index (χ2n) is 6.34. The lowest BCUT2D eigenvalue weighted by atomic mass is 10.2. The van der Waals surface area contributed by atoms with E-state index in [2.05, 4.69) is 15.4 Å². The molecule has 2 rings (SSSR count). The molecule has 27 heavy (non-hydrogen) atoms. The second-order valence-corrected chi connectivity index (χ2v) is 6.34. The van der Waals surface area contributed by atoms with Gasteiger partial charge >= 0.3 is 5.97 Å². The van der Waals surface area contributed by atoms with E-state index in [1.54, 1.807) is 31.3 Å². The van der Waals surface area contributed by atoms with Crippen molar-refractivity contribution in [1.82, 2.24) is 0 Å². The number of nitrogens with one attached hydrogen (secondary N) is 3. The lowest BCUT2D eigenvalue weighted by Crippen LogP contribution is -3.11. The van der Waals surface area contributed by atoms with Crippen molar-refractivity contribution >= 4 is 29.2 Å². The summed E-state index contributed by atoms with van der Waals surface area (Å²) in [6, 6.07) is 13.9. The number of esters is 1. The van der Waals surface area contributed by atoms with E-state index in [0.717, 1.165) is 16.2 Å². The quantitative estimate of drug-likeness (QED) is 0.631. The van der Waals surface area contributed by atoms with E-state index >= 15 is 0 Å². The zero-order valence-corrected chi connectivity index (χ0v) is 15.7. The van der Waals surface area contributed by atoms with Crippen molar-refractivity contribution in [3.63, 3.8) is 0 Å². The van der Waals surface area contributed by atoms with Crippen LogP contribution >= 0.6 is 0 Å². The molecule has 0 saturated carbocycles. The first-order valence-electron chi connectivity index (χ1n) is 8.53. The third-order valence-electron chi connectivity index (χ3n) is 3.85. The van der Waals surface area contributed by atoms with E-state index < -0.39 is 5.97 Å². The van der Waals surface area contributed by atoms with Crippen LogP contribution in [0.25, 0.3) is 0 Å². The maximum Gasteiger partial charge on any atom is 0.337 e. The van der Waals surface area contributed by atoms with E-state index in [4.69, 9.17) is 0 Å². The normalized spacial score (nSPS) is 11.4. The van der Waals surface area contributed by atoms with Crippen LogP contribution in [0.4, 0.5) is 11.4 Å². The Morgan fingerprint density at radius 3 is 1.74 bits per heavy atom. The zero-order valence-electron chi connectivity index (χ0n) is 15.7. The molecule has 0 aliphatic heterocycles. The van der Waals surface area contributed by atoms with Gasteiger partial charge in [0.1, 0.15) is 0 Å². The molecule has 142 valence electrons. The van der Waals surface area contributed by atoms with Gasteiger partial charge in [-0.1, -0.05) is 17.7 Å². The van der Waals surface area contributed by atoms with E-state index in [1.807, 2.05) is 31.2 Å². The van der Waals surface area contributed by atoms with Crippen LogP contribution in [0.3, 0.4) is 0 Å². The first kappa shape index (κ1) is 20.1. The fraction of sp³-hybridized carbons (Fsp3) is 0.250. The van der Waals surface area contributed by atoms with Crippen LogP contribution < -0.4 is 15.5 Å². The number of carbonyl (C=O) groups excluding carboxylic acids is 3. The number of ether oxygens (including phenoxy) is 1.